The zero-order valence-corrected chi connectivity index (χ0v) is 12.9. The summed E-state index contributed by atoms with van der Waals surface area (Å²) in [5.41, 5.74) is 1.69. The molecule has 0 amide bonds. The SMILES string of the molecule is Clc1cc(-c2ccc(Br)cc2)c(Cl)c(Cl)c1Cl. The first-order chi connectivity index (χ1) is 8.00. The Morgan fingerprint density at radius 3 is 1.94 bits per heavy atom. The highest BCUT2D eigenvalue weighted by atomic mass is 79.9. The molecule has 0 aliphatic heterocycles. The van der Waals surface area contributed by atoms with E-state index >= 15 is 0 Å². The molecule has 0 N–H and O–H groups in total. The number of halogens is 5. The molecule has 0 atom stereocenters. The predicted octanol–water partition coefficient (Wildman–Crippen LogP) is 6.73. The Labute approximate surface area is 128 Å². The molecule has 0 aromatic heterocycles. The van der Waals surface area contributed by atoms with Gasteiger partial charge in [-0.2, -0.15) is 0 Å². The minimum Gasteiger partial charge on any atom is -0.0826 e. The first kappa shape index (κ1) is 13.5. The smallest absolute Gasteiger partial charge is 0.0800 e. The van der Waals surface area contributed by atoms with Crippen molar-refractivity contribution < 1.29 is 0 Å². The van der Waals surface area contributed by atoms with Crippen LogP contribution in [-0.2, 0) is 0 Å². The third-order valence-electron chi connectivity index (χ3n) is 2.26. The molecular formula is C12H5BrCl4. The van der Waals surface area contributed by atoms with E-state index in [1.54, 1.807) is 6.07 Å². The summed E-state index contributed by atoms with van der Waals surface area (Å²) in [4.78, 5) is 0. The molecule has 0 unspecified atom stereocenters. The average Bonchev–Trinajstić information content (AvgIpc) is 2.32. The molecule has 0 bridgehead atoms. The van der Waals surface area contributed by atoms with Gasteiger partial charge in [-0.1, -0.05) is 74.5 Å². The van der Waals surface area contributed by atoms with Crippen molar-refractivity contribution in [1.82, 2.24) is 0 Å². The molecule has 0 aliphatic carbocycles. The van der Waals surface area contributed by atoms with Gasteiger partial charge in [-0.15, -0.1) is 0 Å². The van der Waals surface area contributed by atoms with Crippen LogP contribution in [0.5, 0.6) is 0 Å². The van der Waals surface area contributed by atoms with Gasteiger partial charge in [0.05, 0.1) is 20.1 Å². The van der Waals surface area contributed by atoms with Crippen LogP contribution in [0.2, 0.25) is 20.1 Å². The van der Waals surface area contributed by atoms with Gasteiger partial charge in [0.15, 0.2) is 0 Å². The molecule has 5 heteroatoms. The number of rotatable bonds is 1. The Hall–Kier alpha value is 0.0800. The topological polar surface area (TPSA) is 0 Å². The van der Waals surface area contributed by atoms with Crippen molar-refractivity contribution in [2.75, 3.05) is 0 Å². The lowest BCUT2D eigenvalue weighted by atomic mass is 10.1. The zero-order chi connectivity index (χ0) is 12.6. The molecule has 17 heavy (non-hydrogen) atoms. The second-order valence-electron chi connectivity index (χ2n) is 3.35. The summed E-state index contributed by atoms with van der Waals surface area (Å²) in [7, 11) is 0. The van der Waals surface area contributed by atoms with Crippen LogP contribution in [0.25, 0.3) is 11.1 Å². The number of hydrogen-bond acceptors (Lipinski definition) is 0. The zero-order valence-electron chi connectivity index (χ0n) is 8.28. The van der Waals surface area contributed by atoms with Crippen molar-refractivity contribution in [2.24, 2.45) is 0 Å². The van der Waals surface area contributed by atoms with E-state index in [0.717, 1.165) is 15.6 Å². The van der Waals surface area contributed by atoms with Gasteiger partial charge in [0.2, 0.25) is 0 Å². The summed E-state index contributed by atoms with van der Waals surface area (Å²) in [6.45, 7) is 0. The first-order valence-electron chi connectivity index (χ1n) is 4.59. The van der Waals surface area contributed by atoms with Crippen LogP contribution in [0.15, 0.2) is 34.8 Å². The first-order valence-corrected chi connectivity index (χ1v) is 6.90. The lowest BCUT2D eigenvalue weighted by Gasteiger charge is -2.09. The molecule has 88 valence electrons. The summed E-state index contributed by atoms with van der Waals surface area (Å²) in [6, 6.07) is 9.39. The van der Waals surface area contributed by atoms with Gasteiger partial charge in [0, 0.05) is 10.0 Å². The molecule has 0 saturated carbocycles. The van der Waals surface area contributed by atoms with E-state index in [0.29, 0.717) is 10.0 Å². The molecule has 0 heterocycles. The van der Waals surface area contributed by atoms with Crippen molar-refractivity contribution in [1.29, 1.82) is 0 Å². The van der Waals surface area contributed by atoms with E-state index in [2.05, 4.69) is 15.9 Å². The van der Waals surface area contributed by atoms with Gasteiger partial charge in [0.1, 0.15) is 0 Å². The molecule has 0 nitrogen and oxygen atoms in total. The lowest BCUT2D eigenvalue weighted by Crippen LogP contribution is -1.83. The third-order valence-corrected chi connectivity index (χ3v) is 4.54. The summed E-state index contributed by atoms with van der Waals surface area (Å²) < 4.78 is 0.989. The fourth-order valence-corrected chi connectivity index (χ4v) is 2.59. The largest absolute Gasteiger partial charge is 0.0826 e. The van der Waals surface area contributed by atoms with Crippen molar-refractivity contribution in [3.05, 3.63) is 54.9 Å². The van der Waals surface area contributed by atoms with Crippen molar-refractivity contribution in [3.63, 3.8) is 0 Å². The average molecular weight is 371 g/mol. The normalized spacial score (nSPS) is 10.6. The van der Waals surface area contributed by atoms with E-state index < -0.39 is 0 Å². The summed E-state index contributed by atoms with van der Waals surface area (Å²) in [5.74, 6) is 0. The highest BCUT2D eigenvalue weighted by Gasteiger charge is 2.14. The van der Waals surface area contributed by atoms with Crippen LogP contribution >= 0.6 is 62.3 Å². The van der Waals surface area contributed by atoms with Crippen molar-refractivity contribution in [2.45, 2.75) is 0 Å². The van der Waals surface area contributed by atoms with Crippen molar-refractivity contribution in [3.8, 4) is 11.1 Å². The molecule has 0 aliphatic rings. The van der Waals surface area contributed by atoms with Gasteiger partial charge in [-0.3, -0.25) is 0 Å². The van der Waals surface area contributed by atoms with Gasteiger partial charge < -0.3 is 0 Å². The van der Waals surface area contributed by atoms with Crippen LogP contribution < -0.4 is 0 Å². The Morgan fingerprint density at radius 2 is 1.35 bits per heavy atom. The van der Waals surface area contributed by atoms with E-state index in [1.165, 1.54) is 0 Å². The standard InChI is InChI=1S/C12H5BrCl4/c13-7-3-1-6(2-4-7)8-5-9(14)11(16)12(17)10(8)15/h1-5H. The minimum atomic E-state index is 0.277. The van der Waals surface area contributed by atoms with Crippen molar-refractivity contribution >= 4 is 62.3 Å². The van der Waals surface area contributed by atoms with Gasteiger partial charge in [-0.05, 0) is 23.8 Å². The molecular weight excluding hydrogens is 366 g/mol. The monoisotopic (exact) mass is 368 g/mol. The lowest BCUT2D eigenvalue weighted by molar-refractivity contribution is 1.59. The van der Waals surface area contributed by atoms with Crippen LogP contribution in [0.3, 0.4) is 0 Å². The van der Waals surface area contributed by atoms with E-state index in [-0.39, 0.29) is 10.0 Å². The second kappa shape index (κ2) is 5.38. The molecule has 0 fully saturated rings. The summed E-state index contributed by atoms with van der Waals surface area (Å²) in [6.07, 6.45) is 0. The molecule has 0 saturated heterocycles. The third kappa shape index (κ3) is 2.74. The summed E-state index contributed by atoms with van der Waals surface area (Å²) in [5, 5.41) is 1.35. The molecule has 0 spiro atoms. The van der Waals surface area contributed by atoms with E-state index in [1.807, 2.05) is 24.3 Å². The Bertz CT molecular complexity index is 564. The number of hydrogen-bond donors (Lipinski definition) is 0. The molecule has 2 aromatic rings. The quantitative estimate of drug-likeness (QED) is 0.385. The van der Waals surface area contributed by atoms with Gasteiger partial charge in [-0.25, -0.2) is 0 Å². The molecule has 2 rings (SSSR count). The fraction of sp³-hybridized carbons (Fsp3) is 0. The number of benzene rings is 2. The maximum Gasteiger partial charge on any atom is 0.0800 e. The maximum absolute atomic E-state index is 6.16. The Kier molecular flexibility index (Phi) is 4.27. The van der Waals surface area contributed by atoms with Gasteiger partial charge >= 0.3 is 0 Å². The highest BCUT2D eigenvalue weighted by molar-refractivity contribution is 9.10. The summed E-state index contributed by atoms with van der Waals surface area (Å²) >= 11 is 27.4. The highest BCUT2D eigenvalue weighted by Crippen LogP contribution is 2.42. The maximum atomic E-state index is 6.16. The molecule has 2 aromatic carbocycles. The Balaban J connectivity index is 2.64. The van der Waals surface area contributed by atoms with Crippen LogP contribution in [-0.4, -0.2) is 0 Å². The fourth-order valence-electron chi connectivity index (χ4n) is 1.41. The van der Waals surface area contributed by atoms with Gasteiger partial charge in [0.25, 0.3) is 0 Å². The predicted molar refractivity (Wildman–Crippen MR) is 79.6 cm³/mol. The van der Waals surface area contributed by atoms with E-state index in [4.69, 9.17) is 46.4 Å². The molecule has 0 radical (unpaired) electrons. The van der Waals surface area contributed by atoms with Crippen LogP contribution in [0.4, 0.5) is 0 Å². The van der Waals surface area contributed by atoms with Crippen LogP contribution in [0, 0.1) is 0 Å². The second-order valence-corrected chi connectivity index (χ2v) is 5.81. The van der Waals surface area contributed by atoms with Crippen LogP contribution in [0.1, 0.15) is 0 Å². The minimum absolute atomic E-state index is 0.277. The Morgan fingerprint density at radius 1 is 0.765 bits per heavy atom. The van der Waals surface area contributed by atoms with E-state index in [9.17, 15) is 0 Å².